The highest BCUT2D eigenvalue weighted by atomic mass is 79.9. The summed E-state index contributed by atoms with van der Waals surface area (Å²) in [6.45, 7) is 3.09. The van der Waals surface area contributed by atoms with Crippen molar-refractivity contribution >= 4 is 21.7 Å². The number of hydrogen-bond donors (Lipinski definition) is 2. The largest absolute Gasteiger partial charge is 0.383 e. The van der Waals surface area contributed by atoms with Gasteiger partial charge in [0.15, 0.2) is 0 Å². The maximum absolute atomic E-state index is 6.00. The number of nitrogens with zero attached hydrogens (tertiary/aromatic N) is 1. The van der Waals surface area contributed by atoms with Crippen molar-refractivity contribution in [2.75, 3.05) is 12.3 Å². The Kier molecular flexibility index (Phi) is 4.93. The van der Waals surface area contributed by atoms with E-state index >= 15 is 0 Å². The third-order valence-corrected chi connectivity index (χ3v) is 3.51. The fourth-order valence-corrected chi connectivity index (χ4v) is 2.29. The molecule has 0 radical (unpaired) electrons. The molecule has 0 spiro atoms. The lowest BCUT2D eigenvalue weighted by molar-refractivity contribution is 0.598. The van der Waals surface area contributed by atoms with E-state index in [1.165, 1.54) is 5.56 Å². The van der Waals surface area contributed by atoms with Crippen LogP contribution >= 0.6 is 15.9 Å². The monoisotopic (exact) mass is 319 g/mol. The van der Waals surface area contributed by atoms with Gasteiger partial charge in [0.2, 0.25) is 0 Å². The predicted molar refractivity (Wildman–Crippen MR) is 82.9 cm³/mol. The van der Waals surface area contributed by atoms with Gasteiger partial charge in [0, 0.05) is 16.2 Å². The number of pyridine rings is 1. The van der Waals surface area contributed by atoms with E-state index in [1.54, 1.807) is 6.20 Å². The molecule has 0 amide bonds. The van der Waals surface area contributed by atoms with Crippen LogP contribution in [0.2, 0.25) is 0 Å². The van der Waals surface area contributed by atoms with Gasteiger partial charge in [-0.15, -0.1) is 0 Å². The number of halogens is 1. The zero-order valence-electron chi connectivity index (χ0n) is 10.9. The lowest BCUT2D eigenvalue weighted by Gasteiger charge is -2.20. The molecule has 0 aliphatic heterocycles. The van der Waals surface area contributed by atoms with Crippen LogP contribution < -0.4 is 11.1 Å². The Labute approximate surface area is 122 Å². The summed E-state index contributed by atoms with van der Waals surface area (Å²) in [6.07, 6.45) is 2.80. The van der Waals surface area contributed by atoms with Crippen LogP contribution in [0.25, 0.3) is 0 Å². The summed E-state index contributed by atoms with van der Waals surface area (Å²) in [5.41, 5.74) is 8.22. The van der Waals surface area contributed by atoms with Crippen molar-refractivity contribution in [3.63, 3.8) is 0 Å². The SMILES string of the molecule is CCCNC(c1ccc(Br)cc1)c1cccnc1N. The Morgan fingerprint density at radius 1 is 1.26 bits per heavy atom. The third kappa shape index (κ3) is 3.55. The van der Waals surface area contributed by atoms with E-state index in [1.807, 2.05) is 24.3 Å². The summed E-state index contributed by atoms with van der Waals surface area (Å²) in [5.74, 6) is 0.582. The summed E-state index contributed by atoms with van der Waals surface area (Å²) < 4.78 is 1.07. The molecule has 19 heavy (non-hydrogen) atoms. The topological polar surface area (TPSA) is 50.9 Å². The van der Waals surface area contributed by atoms with Gasteiger partial charge < -0.3 is 11.1 Å². The molecule has 2 rings (SSSR count). The Balaban J connectivity index is 2.35. The van der Waals surface area contributed by atoms with Crippen molar-refractivity contribution in [3.05, 3.63) is 58.2 Å². The number of hydrogen-bond acceptors (Lipinski definition) is 3. The fourth-order valence-electron chi connectivity index (χ4n) is 2.03. The van der Waals surface area contributed by atoms with Crippen LogP contribution in [0, 0.1) is 0 Å². The Bertz CT molecular complexity index is 525. The van der Waals surface area contributed by atoms with Crippen LogP contribution in [0.5, 0.6) is 0 Å². The van der Waals surface area contributed by atoms with E-state index in [0.29, 0.717) is 5.82 Å². The molecule has 1 aromatic carbocycles. The number of rotatable bonds is 5. The van der Waals surface area contributed by atoms with E-state index in [2.05, 4.69) is 45.3 Å². The van der Waals surface area contributed by atoms with Crippen LogP contribution in [0.1, 0.15) is 30.5 Å². The minimum atomic E-state index is 0.0850. The van der Waals surface area contributed by atoms with Gasteiger partial charge in [0.25, 0.3) is 0 Å². The summed E-state index contributed by atoms with van der Waals surface area (Å²) in [4.78, 5) is 4.18. The second-order valence-electron chi connectivity index (χ2n) is 4.42. The summed E-state index contributed by atoms with van der Waals surface area (Å²) in [6, 6.07) is 12.3. The Morgan fingerprint density at radius 3 is 2.63 bits per heavy atom. The molecule has 1 heterocycles. The third-order valence-electron chi connectivity index (χ3n) is 2.98. The molecule has 3 N–H and O–H groups in total. The maximum Gasteiger partial charge on any atom is 0.128 e. The Hall–Kier alpha value is -1.39. The molecule has 2 aromatic rings. The first kappa shape index (κ1) is 14.0. The molecule has 3 nitrogen and oxygen atoms in total. The molecule has 1 atom stereocenters. The van der Waals surface area contributed by atoms with Crippen LogP contribution in [0.4, 0.5) is 5.82 Å². The molecule has 1 aromatic heterocycles. The minimum absolute atomic E-state index is 0.0850. The van der Waals surface area contributed by atoms with Gasteiger partial charge in [0.1, 0.15) is 5.82 Å². The van der Waals surface area contributed by atoms with Gasteiger partial charge in [-0.2, -0.15) is 0 Å². The lowest BCUT2D eigenvalue weighted by atomic mass is 9.99. The van der Waals surface area contributed by atoms with Gasteiger partial charge in [-0.3, -0.25) is 0 Å². The van der Waals surface area contributed by atoms with Crippen molar-refractivity contribution in [2.24, 2.45) is 0 Å². The first-order valence-electron chi connectivity index (χ1n) is 6.41. The molecule has 4 heteroatoms. The van der Waals surface area contributed by atoms with Gasteiger partial charge in [-0.1, -0.05) is 41.1 Å². The first-order valence-corrected chi connectivity index (χ1v) is 7.21. The molecular formula is C15H18BrN3. The zero-order chi connectivity index (χ0) is 13.7. The van der Waals surface area contributed by atoms with Gasteiger partial charge in [0.05, 0.1) is 6.04 Å². The Morgan fingerprint density at radius 2 is 2.00 bits per heavy atom. The number of anilines is 1. The molecule has 0 saturated heterocycles. The van der Waals surface area contributed by atoms with Crippen molar-refractivity contribution in [1.29, 1.82) is 0 Å². The molecule has 0 saturated carbocycles. The molecule has 0 aliphatic rings. The number of nitrogen functional groups attached to an aromatic ring is 1. The average molecular weight is 320 g/mol. The second kappa shape index (κ2) is 6.68. The second-order valence-corrected chi connectivity index (χ2v) is 5.33. The van der Waals surface area contributed by atoms with Gasteiger partial charge in [-0.05, 0) is 36.7 Å². The zero-order valence-corrected chi connectivity index (χ0v) is 12.5. The molecule has 100 valence electrons. The van der Waals surface area contributed by atoms with Crippen molar-refractivity contribution in [1.82, 2.24) is 10.3 Å². The number of nitrogens with two attached hydrogens (primary N) is 1. The van der Waals surface area contributed by atoms with Crippen LogP contribution in [0.3, 0.4) is 0 Å². The van der Waals surface area contributed by atoms with Crippen molar-refractivity contribution in [3.8, 4) is 0 Å². The van der Waals surface area contributed by atoms with Crippen molar-refractivity contribution < 1.29 is 0 Å². The van der Waals surface area contributed by atoms with E-state index in [-0.39, 0.29) is 6.04 Å². The average Bonchev–Trinajstić information content (AvgIpc) is 2.43. The molecule has 0 aliphatic carbocycles. The predicted octanol–water partition coefficient (Wildman–Crippen LogP) is 3.52. The van der Waals surface area contributed by atoms with Crippen LogP contribution in [0.15, 0.2) is 47.1 Å². The molecule has 0 bridgehead atoms. The molecular weight excluding hydrogens is 302 g/mol. The highest BCUT2D eigenvalue weighted by Gasteiger charge is 2.16. The van der Waals surface area contributed by atoms with Crippen molar-refractivity contribution in [2.45, 2.75) is 19.4 Å². The van der Waals surface area contributed by atoms with Crippen LogP contribution in [-0.2, 0) is 0 Å². The molecule has 0 fully saturated rings. The highest BCUT2D eigenvalue weighted by molar-refractivity contribution is 9.10. The van der Waals surface area contributed by atoms with Crippen LogP contribution in [-0.4, -0.2) is 11.5 Å². The van der Waals surface area contributed by atoms with E-state index in [0.717, 1.165) is 23.0 Å². The van der Waals surface area contributed by atoms with Gasteiger partial charge >= 0.3 is 0 Å². The summed E-state index contributed by atoms with van der Waals surface area (Å²) in [5, 5.41) is 3.53. The maximum atomic E-state index is 6.00. The normalized spacial score (nSPS) is 12.3. The standard InChI is InChI=1S/C15H18BrN3/c1-2-9-18-14(11-5-7-12(16)8-6-11)13-4-3-10-19-15(13)17/h3-8,10,14,18H,2,9H2,1H3,(H2,17,19). The van der Waals surface area contributed by atoms with E-state index in [4.69, 9.17) is 5.73 Å². The lowest BCUT2D eigenvalue weighted by Crippen LogP contribution is -2.24. The summed E-state index contributed by atoms with van der Waals surface area (Å²) >= 11 is 3.46. The number of benzene rings is 1. The first-order chi connectivity index (χ1) is 9.22. The minimum Gasteiger partial charge on any atom is -0.383 e. The molecule has 1 unspecified atom stereocenters. The fraction of sp³-hybridized carbons (Fsp3) is 0.267. The smallest absolute Gasteiger partial charge is 0.128 e. The van der Waals surface area contributed by atoms with E-state index in [9.17, 15) is 0 Å². The highest BCUT2D eigenvalue weighted by Crippen LogP contribution is 2.26. The number of nitrogens with one attached hydrogen (secondary N) is 1. The van der Waals surface area contributed by atoms with Gasteiger partial charge in [-0.25, -0.2) is 4.98 Å². The quantitative estimate of drug-likeness (QED) is 0.886. The number of aromatic nitrogens is 1. The summed E-state index contributed by atoms with van der Waals surface area (Å²) in [7, 11) is 0. The van der Waals surface area contributed by atoms with E-state index < -0.39 is 0 Å².